The second-order valence-electron chi connectivity index (χ2n) is 11.3. The number of carboxylic acids is 1. The van der Waals surface area contributed by atoms with E-state index in [1.165, 1.54) is 4.90 Å². The van der Waals surface area contributed by atoms with Crippen LogP contribution in [0.4, 0.5) is 0 Å². The number of carbonyl (C=O) groups is 5. The van der Waals surface area contributed by atoms with E-state index in [1.54, 1.807) is 18.3 Å². The molecule has 1 aromatic heterocycles. The first kappa shape index (κ1) is 30.5. The maximum absolute atomic E-state index is 14.0. The molecule has 2 aromatic carbocycles. The molecule has 0 radical (unpaired) electrons. The summed E-state index contributed by atoms with van der Waals surface area (Å²) >= 11 is 0. The van der Waals surface area contributed by atoms with Crippen molar-refractivity contribution in [3.63, 3.8) is 0 Å². The molecule has 44 heavy (non-hydrogen) atoms. The number of allylic oxidation sites excluding steroid dienone is 1. The fourth-order valence-electron chi connectivity index (χ4n) is 5.88. The van der Waals surface area contributed by atoms with Crippen molar-refractivity contribution < 1.29 is 29.1 Å². The summed E-state index contributed by atoms with van der Waals surface area (Å²) in [7, 11) is 0. The highest BCUT2D eigenvalue weighted by Gasteiger charge is 2.40. The topological polar surface area (TPSA) is 161 Å². The van der Waals surface area contributed by atoms with Crippen LogP contribution in [0.25, 0.3) is 10.9 Å². The van der Waals surface area contributed by atoms with Crippen LogP contribution in [0.5, 0.6) is 0 Å². The van der Waals surface area contributed by atoms with E-state index in [2.05, 4.69) is 20.9 Å². The molecule has 11 heteroatoms. The Morgan fingerprint density at radius 3 is 2.34 bits per heavy atom. The molecule has 2 saturated heterocycles. The van der Waals surface area contributed by atoms with Gasteiger partial charge in [-0.15, -0.1) is 0 Å². The summed E-state index contributed by atoms with van der Waals surface area (Å²) in [6, 6.07) is 13.2. The van der Waals surface area contributed by atoms with Crippen LogP contribution in [-0.2, 0) is 36.8 Å². The van der Waals surface area contributed by atoms with Crippen LogP contribution < -0.4 is 16.0 Å². The number of aromatic amines is 1. The third kappa shape index (κ3) is 7.34. The molecule has 3 heterocycles. The minimum absolute atomic E-state index is 0.0596. The van der Waals surface area contributed by atoms with E-state index in [0.717, 1.165) is 22.0 Å². The summed E-state index contributed by atoms with van der Waals surface area (Å²) < 4.78 is 0. The van der Waals surface area contributed by atoms with E-state index in [1.807, 2.05) is 54.6 Å². The number of rotatable bonds is 9. The van der Waals surface area contributed by atoms with Gasteiger partial charge in [0, 0.05) is 42.9 Å². The van der Waals surface area contributed by atoms with Crippen LogP contribution in [0, 0.1) is 0 Å². The van der Waals surface area contributed by atoms with Gasteiger partial charge in [-0.05, 0) is 42.9 Å². The highest BCUT2D eigenvalue weighted by atomic mass is 16.4. The van der Waals surface area contributed by atoms with Gasteiger partial charge in [0.05, 0.1) is 0 Å². The summed E-state index contributed by atoms with van der Waals surface area (Å²) in [6.45, 7) is 0.364. The van der Waals surface area contributed by atoms with Gasteiger partial charge in [-0.1, -0.05) is 60.7 Å². The van der Waals surface area contributed by atoms with Crippen molar-refractivity contribution in [2.24, 2.45) is 0 Å². The second-order valence-corrected chi connectivity index (χ2v) is 11.3. The Morgan fingerprint density at radius 1 is 0.841 bits per heavy atom. The molecule has 0 saturated carbocycles. The number of aliphatic carboxylic acids is 1. The molecule has 0 aliphatic carbocycles. The zero-order chi connectivity index (χ0) is 31.1. The molecule has 3 aromatic rings. The van der Waals surface area contributed by atoms with Gasteiger partial charge in [-0.25, -0.2) is 0 Å². The molecule has 5 N–H and O–H groups in total. The number of aromatic nitrogens is 1. The standard InChI is InChI=1S/C33H37N5O6/c39-29(40)16-6-2-5-14-25-30(41)36-26(19-22-20-34-24-13-8-7-12-23(22)24)31(42)37-27(18-21-10-3-1-4-11-21)33(44)38-17-9-15-28(38)32(43)35-25/h1-5,7-8,10-13,20,25-28,34H,6,9,14-19H2,(H,35,43)(H,36,41)(H,37,42)(H,39,40)/b5-2-/t25-,26-,27-,28+/m0/s1. The van der Waals surface area contributed by atoms with E-state index in [-0.39, 0.29) is 38.0 Å². The number of nitrogens with zero attached hydrogens (tertiary/aromatic N) is 1. The average Bonchev–Trinajstić information content (AvgIpc) is 3.67. The lowest BCUT2D eigenvalue weighted by Gasteiger charge is -2.32. The third-order valence-corrected chi connectivity index (χ3v) is 8.16. The summed E-state index contributed by atoms with van der Waals surface area (Å²) in [6.07, 6.45) is 6.85. The number of hydrogen-bond donors (Lipinski definition) is 5. The molecule has 0 spiro atoms. The lowest BCUT2D eigenvalue weighted by Crippen LogP contribution is -2.61. The fourth-order valence-corrected chi connectivity index (χ4v) is 5.88. The number of H-pyrrole nitrogens is 1. The van der Waals surface area contributed by atoms with E-state index < -0.39 is 47.9 Å². The Labute approximate surface area is 255 Å². The van der Waals surface area contributed by atoms with Crippen molar-refractivity contribution in [1.82, 2.24) is 25.8 Å². The Hall–Kier alpha value is -4.93. The summed E-state index contributed by atoms with van der Waals surface area (Å²) in [5, 5.41) is 18.4. The SMILES string of the molecule is O=C(O)CC/C=C\C[C@@H]1NC(=O)[C@H]2CCCN2C(=O)[C@H](Cc2ccccc2)NC(=O)[C@H](Cc2c[nH]c3ccccc23)NC1=O. The quantitative estimate of drug-likeness (QED) is 0.237. The molecule has 0 unspecified atom stereocenters. The average molecular weight is 600 g/mol. The molecule has 0 bridgehead atoms. The third-order valence-electron chi connectivity index (χ3n) is 8.16. The molecule has 5 rings (SSSR count). The monoisotopic (exact) mass is 599 g/mol. The van der Waals surface area contributed by atoms with Crippen LogP contribution in [-0.4, -0.2) is 75.3 Å². The summed E-state index contributed by atoms with van der Waals surface area (Å²) in [5.74, 6) is -2.76. The number of carboxylic acid groups (broad SMARTS) is 1. The van der Waals surface area contributed by atoms with E-state index >= 15 is 0 Å². The lowest BCUT2D eigenvalue weighted by atomic mass is 10.00. The molecule has 4 amide bonds. The maximum atomic E-state index is 14.0. The van der Waals surface area contributed by atoms with Crippen molar-refractivity contribution in [3.05, 3.63) is 84.1 Å². The highest BCUT2D eigenvalue weighted by molar-refractivity contribution is 5.98. The van der Waals surface area contributed by atoms with E-state index in [4.69, 9.17) is 5.11 Å². The Balaban J connectivity index is 1.46. The largest absolute Gasteiger partial charge is 0.481 e. The number of amides is 4. The molecule has 11 nitrogen and oxygen atoms in total. The maximum Gasteiger partial charge on any atom is 0.303 e. The van der Waals surface area contributed by atoms with Crippen molar-refractivity contribution in [1.29, 1.82) is 0 Å². The number of nitrogens with one attached hydrogen (secondary N) is 4. The van der Waals surface area contributed by atoms with Crippen LogP contribution in [0.2, 0.25) is 0 Å². The van der Waals surface area contributed by atoms with Gasteiger partial charge in [-0.2, -0.15) is 0 Å². The smallest absolute Gasteiger partial charge is 0.303 e. The first-order chi connectivity index (χ1) is 21.3. The van der Waals surface area contributed by atoms with Crippen LogP contribution in [0.3, 0.4) is 0 Å². The Morgan fingerprint density at radius 2 is 1.55 bits per heavy atom. The van der Waals surface area contributed by atoms with Crippen LogP contribution >= 0.6 is 0 Å². The van der Waals surface area contributed by atoms with Gasteiger partial charge in [-0.3, -0.25) is 24.0 Å². The molecule has 2 aliphatic heterocycles. The number of para-hydroxylation sites is 1. The first-order valence-electron chi connectivity index (χ1n) is 15.0. The van der Waals surface area contributed by atoms with Gasteiger partial charge < -0.3 is 30.9 Å². The summed E-state index contributed by atoms with van der Waals surface area (Å²) in [5.41, 5.74) is 2.55. The lowest BCUT2D eigenvalue weighted by molar-refractivity contribution is -0.143. The van der Waals surface area contributed by atoms with Gasteiger partial charge >= 0.3 is 5.97 Å². The zero-order valence-corrected chi connectivity index (χ0v) is 24.3. The van der Waals surface area contributed by atoms with Gasteiger partial charge in [0.25, 0.3) is 0 Å². The molecule has 2 aliphatic rings. The minimum atomic E-state index is -1.04. The molecule has 2 fully saturated rings. The van der Waals surface area contributed by atoms with Crippen molar-refractivity contribution in [2.75, 3.05) is 6.54 Å². The number of benzene rings is 2. The predicted octanol–water partition coefficient (Wildman–Crippen LogP) is 2.22. The van der Waals surface area contributed by atoms with Crippen LogP contribution in [0.1, 0.15) is 43.2 Å². The number of hydrogen-bond acceptors (Lipinski definition) is 5. The fraction of sp³-hybridized carbons (Fsp3) is 0.364. The molecular formula is C33H37N5O6. The number of fused-ring (bicyclic) bond motifs is 2. The summed E-state index contributed by atoms with van der Waals surface area (Å²) in [4.78, 5) is 70.7. The van der Waals surface area contributed by atoms with Crippen LogP contribution in [0.15, 0.2) is 72.9 Å². The second kappa shape index (κ2) is 14.0. The zero-order valence-electron chi connectivity index (χ0n) is 24.3. The normalized spacial score (nSPS) is 23.0. The first-order valence-corrected chi connectivity index (χ1v) is 15.0. The van der Waals surface area contributed by atoms with Crippen molar-refractivity contribution in [2.45, 2.75) is 69.1 Å². The Kier molecular flexibility index (Phi) is 9.73. The van der Waals surface area contributed by atoms with Gasteiger partial charge in [0.15, 0.2) is 0 Å². The minimum Gasteiger partial charge on any atom is -0.481 e. The number of carbonyl (C=O) groups excluding carboxylic acids is 4. The van der Waals surface area contributed by atoms with E-state index in [9.17, 15) is 24.0 Å². The van der Waals surface area contributed by atoms with Gasteiger partial charge in [0.2, 0.25) is 23.6 Å². The van der Waals surface area contributed by atoms with Crippen molar-refractivity contribution >= 4 is 40.5 Å². The van der Waals surface area contributed by atoms with Gasteiger partial charge in [0.1, 0.15) is 24.2 Å². The molecule has 4 atom stereocenters. The predicted molar refractivity (Wildman–Crippen MR) is 163 cm³/mol. The highest BCUT2D eigenvalue weighted by Crippen LogP contribution is 2.22. The molecular weight excluding hydrogens is 562 g/mol. The molecule has 230 valence electrons. The Bertz CT molecular complexity index is 1550. The van der Waals surface area contributed by atoms with Crippen molar-refractivity contribution in [3.8, 4) is 0 Å². The van der Waals surface area contributed by atoms with E-state index in [0.29, 0.717) is 19.4 Å².